The highest BCUT2D eigenvalue weighted by molar-refractivity contribution is 5.87. The molecule has 1 aliphatic rings. The Bertz CT molecular complexity index is 3050. The first kappa shape index (κ1) is 62.0. The summed E-state index contributed by atoms with van der Waals surface area (Å²) >= 11 is 0. The van der Waals surface area contributed by atoms with Crippen LogP contribution in [-0.2, 0) is 37.1 Å². The third-order valence-electron chi connectivity index (χ3n) is 14.7. The molecule has 81 heavy (non-hydrogen) atoms. The summed E-state index contributed by atoms with van der Waals surface area (Å²) in [6.07, 6.45) is -0.938. The Balaban J connectivity index is 1.95. The van der Waals surface area contributed by atoms with Crippen LogP contribution >= 0.6 is 0 Å². The summed E-state index contributed by atoms with van der Waals surface area (Å²) in [5.41, 5.74) is -27.5. The van der Waals surface area contributed by atoms with Crippen LogP contribution in [0.3, 0.4) is 0 Å². The molecule has 0 atom stereocenters. The molecule has 0 bridgehead atoms. The van der Waals surface area contributed by atoms with E-state index in [1.165, 1.54) is 13.8 Å². The van der Waals surface area contributed by atoms with Crippen LogP contribution in [0.5, 0.6) is 11.5 Å². The van der Waals surface area contributed by atoms with Gasteiger partial charge in [0.15, 0.2) is 104 Å². The SMILES string of the molecule is CCCC[N+]1(CCCC)Cc2c(C(O)(c3c(F)c(F)c(F)c(F)c3F)c3c(F)c(F)c(F)c(F)c3F)cc(CCC)c(OC)c2-c2c(c(C(O)(c3c(F)c(F)c(F)c(F)c3F)c3c(F)c(F)c(F)c(F)c3F)cc(CCC)c2OC)C1. The summed E-state index contributed by atoms with van der Waals surface area (Å²) in [6, 6.07) is 1.22. The lowest BCUT2D eigenvalue weighted by Gasteiger charge is -2.41. The Kier molecular flexibility index (Phi) is 17.6. The molecule has 0 unspecified atom stereocenters. The molecule has 7 rings (SSSR count). The number of rotatable bonds is 18. The summed E-state index contributed by atoms with van der Waals surface area (Å²) in [6.45, 7) is 3.32. The fourth-order valence-corrected chi connectivity index (χ4v) is 11.0. The zero-order valence-electron chi connectivity index (χ0n) is 43.4. The van der Waals surface area contributed by atoms with E-state index in [4.69, 9.17) is 9.47 Å². The average Bonchev–Trinajstić information content (AvgIpc) is 3.46. The van der Waals surface area contributed by atoms with E-state index >= 15 is 70.2 Å². The van der Waals surface area contributed by atoms with E-state index in [0.717, 1.165) is 14.2 Å². The van der Waals surface area contributed by atoms with Crippen LogP contribution in [0.1, 0.15) is 122 Å². The second kappa shape index (κ2) is 23.0. The van der Waals surface area contributed by atoms with Crippen LogP contribution in [0.15, 0.2) is 12.1 Å². The smallest absolute Gasteiger partial charge is 0.200 e. The van der Waals surface area contributed by atoms with Crippen LogP contribution in [0.4, 0.5) is 87.8 Å². The molecule has 1 aliphatic heterocycles. The minimum absolute atomic E-state index is 0.0196. The summed E-state index contributed by atoms with van der Waals surface area (Å²) in [5.74, 6) is -61.3. The van der Waals surface area contributed by atoms with E-state index in [-0.39, 0.29) is 51.6 Å². The van der Waals surface area contributed by atoms with Gasteiger partial charge in [-0.2, -0.15) is 0 Å². The van der Waals surface area contributed by atoms with Gasteiger partial charge in [-0.15, -0.1) is 0 Å². The number of ether oxygens (including phenoxy) is 2. The molecule has 0 radical (unpaired) electrons. The van der Waals surface area contributed by atoms with Crippen molar-refractivity contribution in [2.24, 2.45) is 0 Å². The molecule has 6 aromatic rings. The van der Waals surface area contributed by atoms with Crippen molar-refractivity contribution in [1.29, 1.82) is 0 Å². The number of nitrogens with zero attached hydrogens (tertiary/aromatic N) is 1. The van der Waals surface area contributed by atoms with Gasteiger partial charge in [0.05, 0.1) is 49.6 Å². The lowest BCUT2D eigenvalue weighted by Crippen LogP contribution is -2.49. The first-order valence-corrected chi connectivity index (χ1v) is 24.9. The number of methoxy groups -OCH3 is 2. The molecule has 0 saturated heterocycles. The molecular weight excluding hydrogens is 1130 g/mol. The van der Waals surface area contributed by atoms with Gasteiger partial charge in [-0.3, -0.25) is 0 Å². The van der Waals surface area contributed by atoms with E-state index in [2.05, 4.69) is 0 Å². The van der Waals surface area contributed by atoms with Crippen LogP contribution < -0.4 is 9.47 Å². The molecule has 0 fully saturated rings. The number of hydrogen-bond donors (Lipinski definition) is 2. The van der Waals surface area contributed by atoms with Crippen molar-refractivity contribution in [1.82, 2.24) is 0 Å². The molecule has 2 N–H and O–H groups in total. The highest BCUT2D eigenvalue weighted by Gasteiger charge is 2.55. The number of benzene rings is 6. The van der Waals surface area contributed by atoms with Gasteiger partial charge in [-0.1, -0.05) is 53.4 Å². The third-order valence-corrected chi connectivity index (χ3v) is 14.7. The van der Waals surface area contributed by atoms with Gasteiger partial charge in [0.1, 0.15) is 24.6 Å². The van der Waals surface area contributed by atoms with E-state index in [0.29, 0.717) is 12.1 Å². The number of quaternary nitrogens is 1. The predicted octanol–water partition coefficient (Wildman–Crippen LogP) is 15.1. The maximum absolute atomic E-state index is 16.8. The van der Waals surface area contributed by atoms with Gasteiger partial charge in [-0.05, 0) is 48.9 Å². The first-order chi connectivity index (χ1) is 38.0. The fourth-order valence-electron chi connectivity index (χ4n) is 11.0. The second-order valence-electron chi connectivity index (χ2n) is 19.5. The molecule has 0 saturated carbocycles. The number of unbranched alkanes of at least 4 members (excludes halogenated alkanes) is 2. The largest absolute Gasteiger partial charge is 0.496 e. The number of aryl methyl sites for hydroxylation is 2. The molecule has 1 heterocycles. The maximum atomic E-state index is 16.8. The van der Waals surface area contributed by atoms with Crippen LogP contribution in [0.25, 0.3) is 11.1 Å². The minimum Gasteiger partial charge on any atom is -0.496 e. The molecule has 0 amide bonds. The van der Waals surface area contributed by atoms with E-state index < -0.39 is 236 Å². The second-order valence-corrected chi connectivity index (χ2v) is 19.5. The predicted molar refractivity (Wildman–Crippen MR) is 249 cm³/mol. The van der Waals surface area contributed by atoms with Crippen molar-refractivity contribution in [3.63, 3.8) is 0 Å². The van der Waals surface area contributed by atoms with Gasteiger partial charge in [0, 0.05) is 33.4 Å². The minimum atomic E-state index is -4.84. The molecule has 0 spiro atoms. The molecule has 0 aromatic heterocycles. The van der Waals surface area contributed by atoms with Crippen LogP contribution in [0, 0.1) is 116 Å². The van der Waals surface area contributed by atoms with E-state index in [9.17, 15) is 27.8 Å². The van der Waals surface area contributed by atoms with Crippen LogP contribution in [0.2, 0.25) is 0 Å². The van der Waals surface area contributed by atoms with Gasteiger partial charge >= 0.3 is 0 Å². The lowest BCUT2D eigenvalue weighted by atomic mass is 9.72. The molecule has 0 aliphatic carbocycles. The van der Waals surface area contributed by atoms with Crippen molar-refractivity contribution in [3.8, 4) is 22.6 Å². The molecule has 438 valence electrons. The first-order valence-electron chi connectivity index (χ1n) is 24.9. The fraction of sp³-hybridized carbons (Fsp3) is 0.357. The standard InChI is InChI=1S/C56H46F20NO4/c1-7-11-15-77(16-12-8-2)19-23-25(55(78,29-33(57)41(65)49(73)42(66)34(29)58)30-35(59)43(67)50(74)44(68)36(30)60)17-21(13-9-3)53(80-5)27(23)28-24(20-77)26(18-22(14-10-4)54(28)81-6)56(79,31-37(61)45(69)51(75)46(70)38(31)62)32-39(63)47(71)52(76)48(72)40(32)64/h17-18,78-79H,7-16,19-20H2,1-6H3/q+1. The number of halogens is 20. The van der Waals surface area contributed by atoms with Crippen molar-refractivity contribution in [2.75, 3.05) is 27.3 Å². The quantitative estimate of drug-likeness (QED) is 0.0296. The highest BCUT2D eigenvalue weighted by atomic mass is 19.2. The zero-order chi connectivity index (χ0) is 60.4. The molecule has 5 nitrogen and oxygen atoms in total. The van der Waals surface area contributed by atoms with Crippen LogP contribution in [-0.4, -0.2) is 42.0 Å². The topological polar surface area (TPSA) is 58.9 Å². The van der Waals surface area contributed by atoms with Crippen molar-refractivity contribution in [2.45, 2.75) is 103 Å². The Morgan fingerprint density at radius 3 is 0.790 bits per heavy atom. The van der Waals surface area contributed by atoms with Gasteiger partial charge in [0.25, 0.3) is 0 Å². The Morgan fingerprint density at radius 1 is 0.370 bits per heavy atom. The zero-order valence-corrected chi connectivity index (χ0v) is 43.4. The molecule has 25 heteroatoms. The van der Waals surface area contributed by atoms with Gasteiger partial charge < -0.3 is 24.2 Å². The van der Waals surface area contributed by atoms with Crippen molar-refractivity contribution in [3.05, 3.63) is 184 Å². The van der Waals surface area contributed by atoms with Crippen molar-refractivity contribution >= 4 is 0 Å². The summed E-state index contributed by atoms with van der Waals surface area (Å²) in [5, 5.41) is 26.7. The monoisotopic (exact) mass is 1180 g/mol. The molecule has 6 aromatic carbocycles. The number of fused-ring (bicyclic) bond motifs is 3. The van der Waals surface area contributed by atoms with Crippen molar-refractivity contribution < 1.29 is 112 Å². The number of hydrogen-bond acceptors (Lipinski definition) is 4. The van der Waals surface area contributed by atoms with Gasteiger partial charge in [-0.25, -0.2) is 87.8 Å². The van der Waals surface area contributed by atoms with E-state index in [1.807, 2.05) is 0 Å². The summed E-state index contributed by atoms with van der Waals surface area (Å²) in [7, 11) is 1.80. The van der Waals surface area contributed by atoms with E-state index in [1.54, 1.807) is 13.8 Å². The van der Waals surface area contributed by atoms with Gasteiger partial charge in [0.2, 0.25) is 23.3 Å². The summed E-state index contributed by atoms with van der Waals surface area (Å²) < 4.78 is 330. The Hall–Kier alpha value is -6.60. The molecular formula is C56H46F20NO4+. The number of aliphatic hydroxyl groups is 2. The Labute approximate surface area is 448 Å². The maximum Gasteiger partial charge on any atom is 0.200 e. The third kappa shape index (κ3) is 9.41. The average molecular weight is 1180 g/mol. The lowest BCUT2D eigenvalue weighted by molar-refractivity contribution is -0.953. The normalized spacial score (nSPS) is 13.4. The highest BCUT2D eigenvalue weighted by Crippen LogP contribution is 2.58. The summed E-state index contributed by atoms with van der Waals surface area (Å²) in [4.78, 5) is 0. The Morgan fingerprint density at radius 2 is 0.593 bits per heavy atom.